The second-order valence-corrected chi connectivity index (χ2v) is 10.2. The summed E-state index contributed by atoms with van der Waals surface area (Å²) in [6, 6.07) is 5.45. The number of aromatic nitrogens is 2. The number of hydrogen-bond donors (Lipinski definition) is 3. The Morgan fingerprint density at radius 2 is 1.88 bits per heavy atom. The molecule has 10 nitrogen and oxygen atoms in total. The number of hydrogen-bond acceptors (Lipinski definition) is 6. The fraction of sp³-hybridized carbons (Fsp3) is 0.583. The molecule has 184 valence electrons. The van der Waals surface area contributed by atoms with E-state index < -0.39 is 11.5 Å². The monoisotopic (exact) mass is 470 g/mol. The van der Waals surface area contributed by atoms with E-state index in [1.807, 2.05) is 20.8 Å². The van der Waals surface area contributed by atoms with Crippen molar-refractivity contribution >= 4 is 28.9 Å². The molecule has 1 aromatic carbocycles. The van der Waals surface area contributed by atoms with Crippen LogP contribution in [0.3, 0.4) is 0 Å². The predicted octanol–water partition coefficient (Wildman–Crippen LogP) is 2.26. The number of imidazole rings is 1. The number of benzene rings is 1. The maximum atomic E-state index is 12.9. The zero-order chi connectivity index (χ0) is 24.5. The Kier molecular flexibility index (Phi) is 6.79. The average molecular weight is 471 g/mol. The van der Waals surface area contributed by atoms with Gasteiger partial charge in [-0.3, -0.25) is 14.5 Å². The van der Waals surface area contributed by atoms with Crippen LogP contribution in [0.2, 0.25) is 0 Å². The third-order valence-corrected chi connectivity index (χ3v) is 6.41. The minimum Gasteiger partial charge on any atom is -0.444 e. The average Bonchev–Trinajstić information content (AvgIpc) is 3.23. The third-order valence-electron chi connectivity index (χ3n) is 6.41. The molecule has 3 heterocycles. The van der Waals surface area contributed by atoms with Crippen molar-refractivity contribution in [2.24, 2.45) is 5.73 Å². The van der Waals surface area contributed by atoms with Crippen LogP contribution in [0, 0.1) is 0 Å². The summed E-state index contributed by atoms with van der Waals surface area (Å²) in [7, 11) is 0. The third kappa shape index (κ3) is 5.49. The van der Waals surface area contributed by atoms with E-state index in [0.29, 0.717) is 30.2 Å². The number of aromatic amines is 1. The van der Waals surface area contributed by atoms with E-state index in [0.717, 1.165) is 38.8 Å². The molecule has 0 spiro atoms. The lowest BCUT2D eigenvalue weighted by Crippen LogP contribution is -2.54. The van der Waals surface area contributed by atoms with Crippen LogP contribution in [0.4, 0.5) is 4.79 Å². The van der Waals surface area contributed by atoms with E-state index in [1.54, 1.807) is 23.1 Å². The molecule has 2 aromatic rings. The van der Waals surface area contributed by atoms with E-state index in [2.05, 4.69) is 20.2 Å². The Morgan fingerprint density at radius 3 is 2.56 bits per heavy atom. The number of fused-ring (bicyclic) bond motifs is 1. The molecule has 2 aliphatic heterocycles. The van der Waals surface area contributed by atoms with Gasteiger partial charge < -0.3 is 25.7 Å². The highest BCUT2D eigenvalue weighted by molar-refractivity contribution is 6.05. The molecule has 4 N–H and O–H groups in total. The van der Waals surface area contributed by atoms with Crippen molar-refractivity contribution in [1.82, 2.24) is 25.1 Å². The lowest BCUT2D eigenvalue weighted by Gasteiger charge is -2.42. The van der Waals surface area contributed by atoms with E-state index in [-0.39, 0.29) is 29.4 Å². The predicted molar refractivity (Wildman–Crippen MR) is 128 cm³/mol. The highest BCUT2D eigenvalue weighted by Gasteiger charge is 2.32. The van der Waals surface area contributed by atoms with Crippen molar-refractivity contribution in [3.63, 3.8) is 0 Å². The van der Waals surface area contributed by atoms with Gasteiger partial charge in [0.1, 0.15) is 11.1 Å². The smallest absolute Gasteiger partial charge is 0.410 e. The number of nitrogens with one attached hydrogen (secondary N) is 2. The first kappa shape index (κ1) is 24.0. The largest absolute Gasteiger partial charge is 0.444 e. The van der Waals surface area contributed by atoms with Gasteiger partial charge >= 0.3 is 6.09 Å². The summed E-state index contributed by atoms with van der Waals surface area (Å²) in [5.41, 5.74) is 6.22. The Hall–Kier alpha value is -3.14. The Labute approximate surface area is 199 Å². The second-order valence-electron chi connectivity index (χ2n) is 10.2. The van der Waals surface area contributed by atoms with Crippen LogP contribution in [0.15, 0.2) is 18.2 Å². The van der Waals surface area contributed by atoms with Crippen molar-refractivity contribution in [2.75, 3.05) is 26.2 Å². The molecule has 1 atom stereocenters. The molecule has 1 aromatic heterocycles. The van der Waals surface area contributed by atoms with Gasteiger partial charge in [0.05, 0.1) is 11.1 Å². The topological polar surface area (TPSA) is 134 Å². The number of rotatable bonds is 4. The molecule has 2 fully saturated rings. The summed E-state index contributed by atoms with van der Waals surface area (Å²) in [5, 5.41) is 3.09. The number of likely N-dealkylation sites (tertiary alicyclic amines) is 2. The van der Waals surface area contributed by atoms with Crippen LogP contribution in [-0.2, 0) is 4.74 Å². The van der Waals surface area contributed by atoms with Crippen molar-refractivity contribution in [3.05, 3.63) is 29.6 Å². The van der Waals surface area contributed by atoms with Gasteiger partial charge in [-0.05, 0) is 65.1 Å². The molecule has 1 unspecified atom stereocenters. The number of carbonyl (C=O) groups is 3. The van der Waals surface area contributed by atoms with Gasteiger partial charge in [-0.15, -0.1) is 0 Å². The number of amides is 3. The SMILES string of the molecule is CC(C)(C)OC(=O)N1CCC(N2CCCC(NC(=O)c3nc4c(C(N)=O)cccc4[nH]3)C2)CC1. The van der Waals surface area contributed by atoms with E-state index in [4.69, 9.17) is 10.5 Å². The first-order valence-corrected chi connectivity index (χ1v) is 11.9. The maximum absolute atomic E-state index is 12.9. The van der Waals surface area contributed by atoms with Crippen LogP contribution in [0.1, 0.15) is 67.4 Å². The van der Waals surface area contributed by atoms with Gasteiger partial charge in [-0.25, -0.2) is 9.78 Å². The number of H-pyrrole nitrogens is 1. The molecule has 2 aliphatic rings. The van der Waals surface area contributed by atoms with Gasteiger partial charge in [0.25, 0.3) is 11.8 Å². The fourth-order valence-corrected chi connectivity index (χ4v) is 4.79. The van der Waals surface area contributed by atoms with Crippen LogP contribution in [0.5, 0.6) is 0 Å². The molecule has 0 saturated carbocycles. The summed E-state index contributed by atoms with van der Waals surface area (Å²) >= 11 is 0. The van der Waals surface area contributed by atoms with Gasteiger partial charge in [0, 0.05) is 31.7 Å². The van der Waals surface area contributed by atoms with Gasteiger partial charge in [-0.1, -0.05) is 6.07 Å². The van der Waals surface area contributed by atoms with Gasteiger partial charge in [0.15, 0.2) is 5.82 Å². The van der Waals surface area contributed by atoms with Crippen LogP contribution >= 0.6 is 0 Å². The lowest BCUT2D eigenvalue weighted by atomic mass is 9.98. The Bertz CT molecular complexity index is 1070. The summed E-state index contributed by atoms with van der Waals surface area (Å²) in [5.74, 6) is -0.700. The van der Waals surface area contributed by atoms with Gasteiger partial charge in [-0.2, -0.15) is 0 Å². The Morgan fingerprint density at radius 1 is 1.15 bits per heavy atom. The van der Waals surface area contributed by atoms with Crippen molar-refractivity contribution in [2.45, 2.75) is 64.1 Å². The van der Waals surface area contributed by atoms with E-state index in [9.17, 15) is 14.4 Å². The highest BCUT2D eigenvalue weighted by atomic mass is 16.6. The van der Waals surface area contributed by atoms with Crippen molar-refractivity contribution < 1.29 is 19.1 Å². The van der Waals surface area contributed by atoms with Crippen molar-refractivity contribution in [1.29, 1.82) is 0 Å². The molecule has 0 bridgehead atoms. The summed E-state index contributed by atoms with van der Waals surface area (Å²) < 4.78 is 5.49. The number of nitrogens with zero attached hydrogens (tertiary/aromatic N) is 3. The Balaban J connectivity index is 1.33. The first-order chi connectivity index (χ1) is 16.1. The second kappa shape index (κ2) is 9.61. The molecule has 2 saturated heterocycles. The van der Waals surface area contributed by atoms with Crippen LogP contribution < -0.4 is 11.1 Å². The minimum atomic E-state index is -0.579. The number of para-hydroxylation sites is 1. The number of ether oxygens (including phenoxy) is 1. The quantitative estimate of drug-likeness (QED) is 0.628. The van der Waals surface area contributed by atoms with Crippen LogP contribution in [-0.4, -0.2) is 81.5 Å². The number of primary amides is 1. The number of nitrogens with two attached hydrogens (primary N) is 1. The molecule has 34 heavy (non-hydrogen) atoms. The normalized spacial score (nSPS) is 20.3. The van der Waals surface area contributed by atoms with Crippen molar-refractivity contribution in [3.8, 4) is 0 Å². The molecule has 10 heteroatoms. The van der Waals surface area contributed by atoms with Gasteiger partial charge in [0.2, 0.25) is 0 Å². The maximum Gasteiger partial charge on any atom is 0.410 e. The summed E-state index contributed by atoms with van der Waals surface area (Å²) in [6.45, 7) is 8.72. The zero-order valence-corrected chi connectivity index (χ0v) is 20.1. The molecular formula is C24H34N6O4. The van der Waals surface area contributed by atoms with Crippen LogP contribution in [0.25, 0.3) is 11.0 Å². The molecular weight excluding hydrogens is 436 g/mol. The standard InChI is InChI=1S/C24H34N6O4/c1-24(2,3)34-23(33)29-12-9-16(10-13-29)30-11-5-6-15(14-30)26-22(32)21-27-18-8-4-7-17(20(25)31)19(18)28-21/h4,7-8,15-16H,5-6,9-14H2,1-3H3,(H2,25,31)(H,26,32)(H,27,28). The molecule has 4 rings (SSSR count). The molecule has 0 radical (unpaired) electrons. The van der Waals surface area contributed by atoms with E-state index >= 15 is 0 Å². The number of piperidine rings is 2. The first-order valence-electron chi connectivity index (χ1n) is 11.9. The minimum absolute atomic E-state index is 0.00829. The summed E-state index contributed by atoms with van der Waals surface area (Å²) in [4.78, 5) is 48.4. The van der Waals surface area contributed by atoms with E-state index in [1.165, 1.54) is 0 Å². The lowest BCUT2D eigenvalue weighted by molar-refractivity contribution is 0.0119. The fourth-order valence-electron chi connectivity index (χ4n) is 4.79. The number of carbonyl (C=O) groups excluding carboxylic acids is 3. The summed E-state index contributed by atoms with van der Waals surface area (Å²) in [6.07, 6.45) is 3.41. The highest BCUT2D eigenvalue weighted by Crippen LogP contribution is 2.23. The molecule has 3 amide bonds. The molecule has 0 aliphatic carbocycles. The zero-order valence-electron chi connectivity index (χ0n) is 20.1.